The molecule has 1 amide bonds. The molecule has 64 valence electrons. The number of amides is 1. The molecule has 0 unspecified atom stereocenters. The third-order valence-corrected chi connectivity index (χ3v) is 3.20. The van der Waals surface area contributed by atoms with E-state index in [1.165, 1.54) is 11.3 Å². The zero-order valence-electron chi connectivity index (χ0n) is 6.21. The van der Waals surface area contributed by atoms with Gasteiger partial charge in [-0.3, -0.25) is 4.79 Å². The Morgan fingerprint density at radius 3 is 3.00 bits per heavy atom. The lowest BCUT2D eigenvalue weighted by Gasteiger charge is -1.98. The molecule has 0 spiro atoms. The highest BCUT2D eigenvalue weighted by Crippen LogP contribution is 2.23. The Labute approximate surface area is 82.3 Å². The van der Waals surface area contributed by atoms with Crippen molar-refractivity contribution >= 4 is 33.2 Å². The maximum atomic E-state index is 11.4. The number of halogens is 1. The molecule has 1 aliphatic rings. The molecule has 1 aromatic rings. The molecule has 0 aromatic carbocycles. The lowest BCUT2D eigenvalue weighted by Crippen LogP contribution is -2.25. The highest BCUT2D eigenvalue weighted by Gasteiger charge is 2.25. The third-order valence-electron chi connectivity index (χ3n) is 1.65. The second kappa shape index (κ2) is 3.14. The van der Waals surface area contributed by atoms with Crippen LogP contribution in [0.3, 0.4) is 0 Å². The molecule has 1 N–H and O–H groups in total. The molecule has 1 aromatic heterocycles. The van der Waals surface area contributed by atoms with Crippen molar-refractivity contribution in [3.8, 4) is 0 Å². The topological polar surface area (TPSA) is 42.0 Å². The van der Waals surface area contributed by atoms with Crippen LogP contribution in [0.4, 0.5) is 0 Å². The lowest BCUT2D eigenvalue weighted by molar-refractivity contribution is 0.0946. The maximum absolute atomic E-state index is 11.4. The summed E-state index contributed by atoms with van der Waals surface area (Å²) in [5.41, 5.74) is 2.17. The molecule has 0 aliphatic heterocycles. The maximum Gasteiger partial charge on any atom is 0.272 e. The van der Waals surface area contributed by atoms with Crippen molar-refractivity contribution in [2.75, 3.05) is 0 Å². The van der Waals surface area contributed by atoms with Gasteiger partial charge < -0.3 is 5.32 Å². The SMILES string of the molecule is O=C(NC1CC1)c1ncsc1Br. The van der Waals surface area contributed by atoms with Gasteiger partial charge in [0.2, 0.25) is 0 Å². The molecule has 3 nitrogen and oxygen atoms in total. The van der Waals surface area contributed by atoms with Crippen LogP contribution < -0.4 is 5.32 Å². The molecule has 0 radical (unpaired) electrons. The van der Waals surface area contributed by atoms with E-state index in [1.807, 2.05) is 0 Å². The smallest absolute Gasteiger partial charge is 0.272 e. The van der Waals surface area contributed by atoms with Gasteiger partial charge >= 0.3 is 0 Å². The van der Waals surface area contributed by atoms with Crippen LogP contribution in [0.2, 0.25) is 0 Å². The van der Waals surface area contributed by atoms with Gasteiger partial charge in [-0.15, -0.1) is 11.3 Å². The molecular weight excluding hydrogens is 240 g/mol. The van der Waals surface area contributed by atoms with E-state index in [-0.39, 0.29) is 5.91 Å². The number of aromatic nitrogens is 1. The zero-order chi connectivity index (χ0) is 8.55. The van der Waals surface area contributed by atoms with Gasteiger partial charge in [-0.05, 0) is 28.8 Å². The van der Waals surface area contributed by atoms with Gasteiger partial charge in [-0.25, -0.2) is 4.98 Å². The molecule has 12 heavy (non-hydrogen) atoms. The fourth-order valence-electron chi connectivity index (χ4n) is 0.861. The Morgan fingerprint density at radius 1 is 1.75 bits per heavy atom. The Kier molecular flexibility index (Phi) is 2.14. The third kappa shape index (κ3) is 1.67. The van der Waals surface area contributed by atoms with Crippen LogP contribution in [0.5, 0.6) is 0 Å². The largest absolute Gasteiger partial charge is 0.348 e. The van der Waals surface area contributed by atoms with E-state index >= 15 is 0 Å². The summed E-state index contributed by atoms with van der Waals surface area (Å²) in [5, 5.41) is 2.87. The summed E-state index contributed by atoms with van der Waals surface area (Å²) in [4.78, 5) is 15.3. The van der Waals surface area contributed by atoms with Crippen molar-refractivity contribution in [3.05, 3.63) is 15.0 Å². The molecule has 1 heterocycles. The number of thiazole rings is 1. The molecular formula is C7H7BrN2OS. The molecule has 0 saturated heterocycles. The Hall–Kier alpha value is -0.420. The Balaban J connectivity index is 2.07. The zero-order valence-corrected chi connectivity index (χ0v) is 8.61. The first-order valence-corrected chi connectivity index (χ1v) is 5.34. The van der Waals surface area contributed by atoms with E-state index in [0.717, 1.165) is 16.6 Å². The molecule has 0 atom stereocenters. The summed E-state index contributed by atoms with van der Waals surface area (Å²) in [6.45, 7) is 0. The fraction of sp³-hybridized carbons (Fsp3) is 0.429. The predicted octanol–water partition coefficient (Wildman–Crippen LogP) is 1.80. The number of hydrogen-bond donors (Lipinski definition) is 1. The average molecular weight is 247 g/mol. The van der Waals surface area contributed by atoms with Gasteiger partial charge in [0.25, 0.3) is 5.91 Å². The predicted molar refractivity (Wildman–Crippen MR) is 50.3 cm³/mol. The second-order valence-electron chi connectivity index (χ2n) is 2.72. The van der Waals surface area contributed by atoms with Crippen LogP contribution in [0.25, 0.3) is 0 Å². The number of rotatable bonds is 2. The van der Waals surface area contributed by atoms with Crippen molar-refractivity contribution in [2.24, 2.45) is 0 Å². The van der Waals surface area contributed by atoms with Gasteiger partial charge in [0.15, 0.2) is 5.69 Å². The Bertz CT molecular complexity index is 308. The van der Waals surface area contributed by atoms with Crippen LogP contribution in [-0.2, 0) is 0 Å². The molecule has 0 bridgehead atoms. The number of hydrogen-bond acceptors (Lipinski definition) is 3. The van der Waals surface area contributed by atoms with Crippen LogP contribution in [0.1, 0.15) is 23.3 Å². The normalized spacial score (nSPS) is 16.1. The number of nitrogens with zero attached hydrogens (tertiary/aromatic N) is 1. The molecule has 5 heteroatoms. The van der Waals surface area contributed by atoms with Crippen molar-refractivity contribution in [1.82, 2.24) is 10.3 Å². The van der Waals surface area contributed by atoms with Crippen molar-refractivity contribution in [3.63, 3.8) is 0 Å². The molecule has 1 aliphatic carbocycles. The second-order valence-corrected chi connectivity index (χ2v) is 4.90. The summed E-state index contributed by atoms with van der Waals surface area (Å²) in [7, 11) is 0. The summed E-state index contributed by atoms with van der Waals surface area (Å²) in [5.74, 6) is -0.0642. The van der Waals surface area contributed by atoms with E-state index in [4.69, 9.17) is 0 Å². The van der Waals surface area contributed by atoms with Crippen molar-refractivity contribution < 1.29 is 4.79 Å². The number of carbonyl (C=O) groups excluding carboxylic acids is 1. The minimum Gasteiger partial charge on any atom is -0.348 e. The quantitative estimate of drug-likeness (QED) is 0.865. The number of nitrogens with one attached hydrogen (secondary N) is 1. The van der Waals surface area contributed by atoms with Gasteiger partial charge in [-0.1, -0.05) is 0 Å². The van der Waals surface area contributed by atoms with E-state index in [9.17, 15) is 4.79 Å². The van der Waals surface area contributed by atoms with Crippen LogP contribution >= 0.6 is 27.3 Å². The highest BCUT2D eigenvalue weighted by atomic mass is 79.9. The van der Waals surface area contributed by atoms with E-state index in [1.54, 1.807) is 5.51 Å². The molecule has 1 fully saturated rings. The van der Waals surface area contributed by atoms with Crippen molar-refractivity contribution in [1.29, 1.82) is 0 Å². The molecule has 1 saturated carbocycles. The van der Waals surface area contributed by atoms with Gasteiger partial charge in [0.1, 0.15) is 3.79 Å². The summed E-state index contributed by atoms with van der Waals surface area (Å²) >= 11 is 4.70. The molecule has 2 rings (SSSR count). The number of carbonyl (C=O) groups is 1. The summed E-state index contributed by atoms with van der Waals surface area (Å²) < 4.78 is 0.806. The minimum absolute atomic E-state index is 0.0642. The first-order valence-electron chi connectivity index (χ1n) is 3.67. The average Bonchev–Trinajstić information content (AvgIpc) is 2.72. The standard InChI is InChI=1S/C7H7BrN2OS/c8-6-5(9-3-12-6)7(11)10-4-1-2-4/h3-4H,1-2H2,(H,10,11). The lowest BCUT2D eigenvalue weighted by atomic mass is 10.4. The van der Waals surface area contributed by atoms with Crippen LogP contribution in [0.15, 0.2) is 9.30 Å². The highest BCUT2D eigenvalue weighted by molar-refractivity contribution is 9.11. The summed E-state index contributed by atoms with van der Waals surface area (Å²) in [6, 6.07) is 0.395. The van der Waals surface area contributed by atoms with E-state index in [0.29, 0.717) is 11.7 Å². The van der Waals surface area contributed by atoms with Crippen molar-refractivity contribution in [2.45, 2.75) is 18.9 Å². The van der Waals surface area contributed by atoms with E-state index < -0.39 is 0 Å². The fourth-order valence-corrected chi connectivity index (χ4v) is 1.90. The first-order chi connectivity index (χ1) is 5.77. The minimum atomic E-state index is -0.0642. The van der Waals surface area contributed by atoms with Gasteiger partial charge in [0.05, 0.1) is 5.51 Å². The van der Waals surface area contributed by atoms with Crippen LogP contribution in [0, 0.1) is 0 Å². The van der Waals surface area contributed by atoms with Gasteiger partial charge in [-0.2, -0.15) is 0 Å². The Morgan fingerprint density at radius 2 is 2.50 bits per heavy atom. The first kappa shape index (κ1) is 8.19. The van der Waals surface area contributed by atoms with E-state index in [2.05, 4.69) is 26.2 Å². The van der Waals surface area contributed by atoms with Crippen LogP contribution in [-0.4, -0.2) is 16.9 Å². The van der Waals surface area contributed by atoms with Gasteiger partial charge in [0, 0.05) is 6.04 Å². The summed E-state index contributed by atoms with van der Waals surface area (Å²) in [6.07, 6.45) is 2.21. The monoisotopic (exact) mass is 246 g/mol.